The minimum absolute atomic E-state index is 0.0425. The number of anilines is 4. The van der Waals surface area contributed by atoms with Crippen molar-refractivity contribution in [2.75, 3.05) is 17.7 Å². The summed E-state index contributed by atoms with van der Waals surface area (Å²) in [5, 5.41) is 13.3. The van der Waals surface area contributed by atoms with E-state index in [-0.39, 0.29) is 55.7 Å². The second-order valence-electron chi connectivity index (χ2n) is 9.79. The van der Waals surface area contributed by atoms with Crippen molar-refractivity contribution in [3.05, 3.63) is 77.6 Å². The van der Waals surface area contributed by atoms with E-state index in [4.69, 9.17) is 16.3 Å². The smallest absolute Gasteiger partial charge is 0.295 e. The number of aromatic nitrogens is 3. The van der Waals surface area contributed by atoms with Crippen LogP contribution in [0.25, 0.3) is 10.8 Å². The van der Waals surface area contributed by atoms with Gasteiger partial charge in [0.1, 0.15) is 15.5 Å². The zero-order valence-corrected chi connectivity index (χ0v) is 27.6. The number of nitrogens with one attached hydrogen (secondary N) is 2. The van der Waals surface area contributed by atoms with Crippen LogP contribution in [0.15, 0.2) is 91.6 Å². The number of aryl methyl sites for hydroxylation is 1. The second-order valence-corrected chi connectivity index (χ2v) is 14.3. The Morgan fingerprint density at radius 1 is 0.729 bits per heavy atom. The molecule has 0 aliphatic rings. The molecule has 0 aliphatic carbocycles. The summed E-state index contributed by atoms with van der Waals surface area (Å²) < 4.78 is 105. The van der Waals surface area contributed by atoms with Gasteiger partial charge in [-0.3, -0.25) is 13.7 Å². The standard InChI is InChI=1S/C27H22ClN7O10S3/c1-14-9-21(30-27-32-25(28)31-26(33-27)29-15-5-3-6-17(10-15)46(36,37)38)22(45-2)13-20(14)35-34-16-11-19-18(24(12-16)48(42,43)44)7-4-8-23(19)47(39,40)41/h3-13H,1-2H3,(H,36,37,38)(H,39,40,41)(H,42,43,44)(H2,29,30,31,32,33)/b35-34+. The molecular weight excluding hydrogens is 714 g/mol. The van der Waals surface area contributed by atoms with E-state index in [1.165, 1.54) is 49.6 Å². The van der Waals surface area contributed by atoms with E-state index in [0.717, 1.165) is 18.2 Å². The summed E-state index contributed by atoms with van der Waals surface area (Å²) in [5.41, 5.74) is 1.16. The molecule has 0 atom stereocenters. The fourth-order valence-electron chi connectivity index (χ4n) is 4.41. The SMILES string of the molecule is COc1cc(/N=N/c2cc(S(=O)(=O)O)c3cccc(S(=O)(=O)O)c3c2)c(C)cc1Nc1nc(Cl)nc(Nc2cccc(S(=O)(=O)O)c2)n1. The molecular formula is C27H22ClN7O10S3. The van der Waals surface area contributed by atoms with E-state index in [1.807, 2.05) is 0 Å². The van der Waals surface area contributed by atoms with Gasteiger partial charge in [0.05, 0.1) is 29.1 Å². The van der Waals surface area contributed by atoms with Crippen LogP contribution < -0.4 is 15.4 Å². The first-order chi connectivity index (χ1) is 22.4. The van der Waals surface area contributed by atoms with E-state index in [2.05, 4.69) is 35.8 Å². The number of azo groups is 1. The van der Waals surface area contributed by atoms with Crippen molar-refractivity contribution in [1.82, 2.24) is 15.0 Å². The third-order valence-corrected chi connectivity index (χ3v) is 9.32. The van der Waals surface area contributed by atoms with Crippen LogP contribution in [0, 0.1) is 6.92 Å². The maximum absolute atomic E-state index is 12.1. The third-order valence-electron chi connectivity index (χ3n) is 6.49. The molecule has 1 aromatic heterocycles. The summed E-state index contributed by atoms with van der Waals surface area (Å²) in [6.45, 7) is 1.66. The van der Waals surface area contributed by atoms with Gasteiger partial charge in [0.25, 0.3) is 30.4 Å². The second kappa shape index (κ2) is 13.0. The van der Waals surface area contributed by atoms with Crippen LogP contribution in [0.1, 0.15) is 5.56 Å². The molecule has 5 N–H and O–H groups in total. The number of rotatable bonds is 10. The lowest BCUT2D eigenvalue weighted by molar-refractivity contribution is 0.417. The molecule has 5 aromatic rings. The fourth-order valence-corrected chi connectivity index (χ4v) is 6.52. The number of methoxy groups -OCH3 is 1. The molecule has 17 nitrogen and oxygen atoms in total. The van der Waals surface area contributed by atoms with Gasteiger partial charge in [0, 0.05) is 22.5 Å². The highest BCUT2D eigenvalue weighted by molar-refractivity contribution is 7.86. The number of ether oxygens (including phenoxy) is 1. The average molecular weight is 736 g/mol. The number of fused-ring (bicyclic) bond motifs is 1. The lowest BCUT2D eigenvalue weighted by atomic mass is 10.1. The molecule has 0 aliphatic heterocycles. The minimum Gasteiger partial charge on any atom is -0.494 e. The largest absolute Gasteiger partial charge is 0.494 e. The molecule has 48 heavy (non-hydrogen) atoms. The van der Waals surface area contributed by atoms with E-state index >= 15 is 0 Å². The van der Waals surface area contributed by atoms with Crippen LogP contribution in [0.4, 0.5) is 34.6 Å². The number of halogens is 1. The predicted molar refractivity (Wildman–Crippen MR) is 173 cm³/mol. The molecule has 250 valence electrons. The molecule has 5 rings (SSSR count). The van der Waals surface area contributed by atoms with Crippen molar-refractivity contribution in [3.8, 4) is 5.75 Å². The molecule has 0 amide bonds. The lowest BCUT2D eigenvalue weighted by Crippen LogP contribution is -2.05. The zero-order valence-electron chi connectivity index (χ0n) is 24.4. The van der Waals surface area contributed by atoms with E-state index in [1.54, 1.807) is 13.0 Å². The third kappa shape index (κ3) is 7.82. The Balaban J connectivity index is 1.47. The molecule has 4 aromatic carbocycles. The summed E-state index contributed by atoms with van der Waals surface area (Å²) in [5.74, 6) is 0.106. The number of benzene rings is 4. The summed E-state index contributed by atoms with van der Waals surface area (Å²) in [7, 11) is -12.7. The molecule has 0 fully saturated rings. The molecule has 0 radical (unpaired) electrons. The molecule has 0 bridgehead atoms. The van der Waals surface area contributed by atoms with Gasteiger partial charge in [0.15, 0.2) is 0 Å². The summed E-state index contributed by atoms with van der Waals surface area (Å²) in [4.78, 5) is 10.6. The number of hydrogen-bond acceptors (Lipinski definition) is 14. The monoisotopic (exact) mass is 735 g/mol. The Bertz CT molecular complexity index is 2460. The Labute approximate surface area is 278 Å². The predicted octanol–water partition coefficient (Wildman–Crippen LogP) is 5.64. The maximum atomic E-state index is 12.1. The van der Waals surface area contributed by atoms with Gasteiger partial charge in [-0.25, -0.2) is 0 Å². The summed E-state index contributed by atoms with van der Waals surface area (Å²) in [6.07, 6.45) is 0. The van der Waals surface area contributed by atoms with Crippen LogP contribution in [0.3, 0.4) is 0 Å². The highest BCUT2D eigenvalue weighted by Crippen LogP contribution is 2.37. The van der Waals surface area contributed by atoms with Crippen molar-refractivity contribution in [3.63, 3.8) is 0 Å². The summed E-state index contributed by atoms with van der Waals surface area (Å²) >= 11 is 6.09. The lowest BCUT2D eigenvalue weighted by Gasteiger charge is -2.13. The van der Waals surface area contributed by atoms with Gasteiger partial charge in [-0.2, -0.15) is 50.4 Å². The Morgan fingerprint density at radius 3 is 2.04 bits per heavy atom. The van der Waals surface area contributed by atoms with Crippen LogP contribution in [-0.4, -0.2) is 61.0 Å². The van der Waals surface area contributed by atoms with Gasteiger partial charge < -0.3 is 15.4 Å². The Hall–Kier alpha value is -4.83. The van der Waals surface area contributed by atoms with Crippen molar-refractivity contribution >= 4 is 87.4 Å². The topological polar surface area (TPSA) is 260 Å². The van der Waals surface area contributed by atoms with Crippen LogP contribution >= 0.6 is 11.6 Å². The van der Waals surface area contributed by atoms with Gasteiger partial charge in [-0.15, -0.1) is 0 Å². The van der Waals surface area contributed by atoms with Gasteiger partial charge >= 0.3 is 0 Å². The molecule has 21 heteroatoms. The number of nitrogens with zero attached hydrogens (tertiary/aromatic N) is 5. The van der Waals surface area contributed by atoms with E-state index in [0.29, 0.717) is 11.3 Å². The van der Waals surface area contributed by atoms with Crippen LogP contribution in [0.2, 0.25) is 5.28 Å². The van der Waals surface area contributed by atoms with Crippen molar-refractivity contribution in [1.29, 1.82) is 0 Å². The van der Waals surface area contributed by atoms with Gasteiger partial charge in [0.2, 0.25) is 17.2 Å². The minimum atomic E-state index is -4.85. The van der Waals surface area contributed by atoms with Crippen molar-refractivity contribution < 1.29 is 43.6 Å². The van der Waals surface area contributed by atoms with Crippen LogP contribution in [0.5, 0.6) is 5.75 Å². The maximum Gasteiger partial charge on any atom is 0.295 e. The Morgan fingerprint density at radius 2 is 1.40 bits per heavy atom. The van der Waals surface area contributed by atoms with Crippen LogP contribution in [-0.2, 0) is 30.4 Å². The van der Waals surface area contributed by atoms with E-state index < -0.39 is 40.1 Å². The highest BCUT2D eigenvalue weighted by atomic mass is 35.5. The molecule has 0 saturated carbocycles. The first kappa shape index (κ1) is 34.5. The zero-order chi connectivity index (χ0) is 35.0. The molecule has 0 unspecified atom stereocenters. The van der Waals surface area contributed by atoms with E-state index in [9.17, 15) is 38.9 Å². The average Bonchev–Trinajstić information content (AvgIpc) is 2.98. The Kier molecular flexibility index (Phi) is 9.34. The number of hydrogen-bond donors (Lipinski definition) is 5. The summed E-state index contributed by atoms with van der Waals surface area (Å²) in [6, 6.07) is 14.0. The highest BCUT2D eigenvalue weighted by Gasteiger charge is 2.21. The van der Waals surface area contributed by atoms with Gasteiger partial charge in [-0.1, -0.05) is 18.2 Å². The first-order valence-electron chi connectivity index (χ1n) is 13.1. The van der Waals surface area contributed by atoms with Crippen molar-refractivity contribution in [2.24, 2.45) is 10.2 Å². The molecule has 0 saturated heterocycles. The normalized spacial score (nSPS) is 12.4. The van der Waals surface area contributed by atoms with Crippen molar-refractivity contribution in [2.45, 2.75) is 21.6 Å². The fraction of sp³-hybridized carbons (Fsp3) is 0.0741. The first-order valence-corrected chi connectivity index (χ1v) is 17.8. The quantitative estimate of drug-likeness (QED) is 0.0859. The molecule has 0 spiro atoms. The van der Waals surface area contributed by atoms with Gasteiger partial charge in [-0.05, 0) is 66.6 Å². The molecule has 1 heterocycles.